The van der Waals surface area contributed by atoms with Gasteiger partial charge in [-0.3, -0.25) is 25.0 Å². The fourth-order valence-electron chi connectivity index (χ4n) is 3.96. The van der Waals surface area contributed by atoms with E-state index in [1.807, 2.05) is 27.7 Å². The molecule has 5 N–H and O–H groups in total. The van der Waals surface area contributed by atoms with Gasteiger partial charge in [0.15, 0.2) is 0 Å². The third kappa shape index (κ3) is 8.38. The number of rotatable bonds is 9. The zero-order chi connectivity index (χ0) is 26.8. The van der Waals surface area contributed by atoms with Crippen molar-refractivity contribution < 1.29 is 28.8 Å². The topological polar surface area (TPSA) is 169 Å². The molecule has 0 spiro atoms. The Balaban J connectivity index is 2.37. The fraction of sp³-hybridized carbons (Fsp3) is 0.739. The van der Waals surface area contributed by atoms with Crippen LogP contribution in [0.5, 0.6) is 0 Å². The predicted octanol–water partition coefficient (Wildman–Crippen LogP) is 0.258. The van der Waals surface area contributed by atoms with Gasteiger partial charge in [0.25, 0.3) is 0 Å². The normalized spacial score (nSPS) is 23.6. The summed E-state index contributed by atoms with van der Waals surface area (Å²) in [6, 6.07) is -5.16. The van der Waals surface area contributed by atoms with E-state index in [4.69, 9.17) is 0 Å². The maximum absolute atomic E-state index is 13.2. The Labute approximate surface area is 211 Å². The third-order valence-corrected chi connectivity index (χ3v) is 5.94. The van der Waals surface area contributed by atoms with Gasteiger partial charge in [-0.05, 0) is 25.2 Å². The van der Waals surface area contributed by atoms with Gasteiger partial charge in [-0.15, -0.1) is 0 Å². The number of unbranched alkanes of at least 4 members (excludes halogenated alkanes) is 2. The van der Waals surface area contributed by atoms with Gasteiger partial charge >= 0.3 is 18.1 Å². The van der Waals surface area contributed by atoms with Gasteiger partial charge in [0.1, 0.15) is 12.1 Å². The molecule has 2 aliphatic heterocycles. The summed E-state index contributed by atoms with van der Waals surface area (Å²) in [6.07, 6.45) is 3.13. The highest BCUT2D eigenvalue weighted by molar-refractivity contribution is 6.01. The standard InChI is InChI=1S/C23H39N7O6/c1-5-7-9-24-20(33)18-16-13-30(16)22(35)27-17(31)12-25-19(32)15(11-14(3)4)26-21(34)28-23(36)29(18)10-8-6-2/h14-16,18H,5-13H2,1-4H3,(H,24,33)(H,25,32)(H,27,31,35)(H2,26,28,34,36)/t15-,16-,18?,30?/m0/s1. The van der Waals surface area contributed by atoms with Gasteiger partial charge in [0.2, 0.25) is 17.7 Å². The van der Waals surface area contributed by atoms with Crippen LogP contribution < -0.4 is 26.6 Å². The molecule has 0 aromatic heterocycles. The summed E-state index contributed by atoms with van der Waals surface area (Å²) in [6.45, 7) is 7.86. The van der Waals surface area contributed by atoms with Crippen molar-refractivity contribution in [3.8, 4) is 0 Å². The number of urea groups is 3. The minimum atomic E-state index is -1.06. The van der Waals surface area contributed by atoms with E-state index in [0.717, 1.165) is 19.3 Å². The summed E-state index contributed by atoms with van der Waals surface area (Å²) in [4.78, 5) is 79.1. The number of nitrogens with zero attached hydrogens (tertiary/aromatic N) is 2. The number of carbonyl (C=O) groups is 6. The van der Waals surface area contributed by atoms with Crippen molar-refractivity contribution in [2.75, 3.05) is 26.2 Å². The lowest BCUT2D eigenvalue weighted by molar-refractivity contribution is -0.127. The van der Waals surface area contributed by atoms with Crippen LogP contribution in [-0.2, 0) is 14.4 Å². The van der Waals surface area contributed by atoms with Gasteiger partial charge in [-0.1, -0.05) is 40.5 Å². The molecular weight excluding hydrogens is 470 g/mol. The molecule has 9 amide bonds. The van der Waals surface area contributed by atoms with E-state index in [1.54, 1.807) is 0 Å². The van der Waals surface area contributed by atoms with Crippen LogP contribution in [0, 0.1) is 5.92 Å². The second-order valence-electron chi connectivity index (χ2n) is 9.51. The van der Waals surface area contributed by atoms with Crippen molar-refractivity contribution in [1.29, 1.82) is 0 Å². The highest BCUT2D eigenvalue weighted by Crippen LogP contribution is 2.26. The number of imide groups is 2. The largest absolute Gasteiger partial charge is 0.354 e. The van der Waals surface area contributed by atoms with Crippen LogP contribution in [0.15, 0.2) is 0 Å². The average molecular weight is 510 g/mol. The van der Waals surface area contributed by atoms with Crippen LogP contribution in [0.3, 0.4) is 0 Å². The molecule has 2 aliphatic rings. The molecule has 1 unspecified atom stereocenters. The molecule has 2 heterocycles. The van der Waals surface area contributed by atoms with E-state index in [2.05, 4.69) is 26.6 Å². The van der Waals surface area contributed by atoms with Crippen LogP contribution in [0.4, 0.5) is 14.4 Å². The Hall–Kier alpha value is -3.38. The van der Waals surface area contributed by atoms with Crippen LogP contribution in [0.25, 0.3) is 0 Å². The number of amides is 9. The first-order valence-corrected chi connectivity index (χ1v) is 12.6. The molecule has 202 valence electrons. The summed E-state index contributed by atoms with van der Waals surface area (Å²) < 4.78 is 0. The van der Waals surface area contributed by atoms with Crippen LogP contribution in [0.1, 0.15) is 59.8 Å². The number of hydrogen-bond acceptors (Lipinski definition) is 6. The number of nitrogens with one attached hydrogen (secondary N) is 5. The SMILES string of the molecule is CCCCNC(=O)C1[C@@H]2CN2C(=O)NC(=O)CNC(=O)[C@H](CC(C)C)NC(=O)NC(=O)N1CCCC. The smallest absolute Gasteiger partial charge is 0.326 e. The van der Waals surface area contributed by atoms with Crippen molar-refractivity contribution >= 4 is 35.8 Å². The Morgan fingerprint density at radius 3 is 2.36 bits per heavy atom. The van der Waals surface area contributed by atoms with Gasteiger partial charge in [-0.2, -0.15) is 0 Å². The Bertz CT molecular complexity index is 849. The number of fused-ring (bicyclic) bond motifs is 1. The first-order valence-electron chi connectivity index (χ1n) is 12.6. The molecule has 0 aliphatic carbocycles. The second kappa shape index (κ2) is 13.6. The van der Waals surface area contributed by atoms with E-state index in [0.29, 0.717) is 13.0 Å². The minimum absolute atomic E-state index is 0.0198. The summed E-state index contributed by atoms with van der Waals surface area (Å²) in [5, 5.41) is 12.1. The average Bonchev–Trinajstić information content (AvgIpc) is 3.59. The lowest BCUT2D eigenvalue weighted by Gasteiger charge is -2.31. The molecule has 2 saturated heterocycles. The molecule has 0 aromatic rings. The minimum Gasteiger partial charge on any atom is -0.354 e. The molecule has 0 aromatic carbocycles. The lowest BCUT2D eigenvalue weighted by Crippen LogP contribution is -2.59. The van der Waals surface area contributed by atoms with Gasteiger partial charge in [-0.25, -0.2) is 14.4 Å². The van der Waals surface area contributed by atoms with Gasteiger partial charge < -0.3 is 25.8 Å². The molecule has 2 fully saturated rings. The molecule has 36 heavy (non-hydrogen) atoms. The Morgan fingerprint density at radius 2 is 1.72 bits per heavy atom. The molecular formula is C23H39N7O6. The van der Waals surface area contributed by atoms with E-state index >= 15 is 0 Å². The van der Waals surface area contributed by atoms with Crippen molar-refractivity contribution in [1.82, 2.24) is 36.4 Å². The first kappa shape index (κ1) is 28.9. The highest BCUT2D eigenvalue weighted by Gasteiger charge is 2.51. The Kier molecular flexibility index (Phi) is 10.9. The molecule has 13 nitrogen and oxygen atoms in total. The predicted molar refractivity (Wildman–Crippen MR) is 131 cm³/mol. The maximum Gasteiger partial charge on any atom is 0.326 e. The molecule has 13 heteroatoms. The zero-order valence-corrected chi connectivity index (χ0v) is 21.5. The van der Waals surface area contributed by atoms with E-state index < -0.39 is 60.5 Å². The van der Waals surface area contributed by atoms with E-state index in [-0.39, 0.29) is 25.4 Å². The third-order valence-electron chi connectivity index (χ3n) is 5.94. The van der Waals surface area contributed by atoms with E-state index in [9.17, 15) is 28.8 Å². The van der Waals surface area contributed by atoms with Crippen LogP contribution in [0.2, 0.25) is 0 Å². The van der Waals surface area contributed by atoms with E-state index in [1.165, 1.54) is 9.80 Å². The molecule has 3 atom stereocenters. The molecule has 0 radical (unpaired) electrons. The number of carbonyl (C=O) groups excluding carboxylic acids is 6. The maximum atomic E-state index is 13.2. The van der Waals surface area contributed by atoms with Crippen LogP contribution in [-0.4, -0.2) is 89.9 Å². The lowest BCUT2D eigenvalue weighted by atomic mass is 10.0. The van der Waals surface area contributed by atoms with Crippen molar-refractivity contribution in [3.05, 3.63) is 0 Å². The summed E-state index contributed by atoms with van der Waals surface area (Å²) in [5.41, 5.74) is 0. The molecule has 2 rings (SSSR count). The van der Waals surface area contributed by atoms with Gasteiger partial charge in [0, 0.05) is 19.6 Å². The van der Waals surface area contributed by atoms with Gasteiger partial charge in [0.05, 0.1) is 12.6 Å². The second-order valence-corrected chi connectivity index (χ2v) is 9.51. The summed E-state index contributed by atoms with van der Waals surface area (Å²) in [7, 11) is 0. The zero-order valence-electron chi connectivity index (χ0n) is 21.5. The molecule has 0 bridgehead atoms. The number of hydrogen-bond donors (Lipinski definition) is 5. The fourth-order valence-corrected chi connectivity index (χ4v) is 3.96. The van der Waals surface area contributed by atoms with Crippen molar-refractivity contribution in [2.45, 2.75) is 77.9 Å². The summed E-state index contributed by atoms with van der Waals surface area (Å²) in [5.74, 6) is -1.78. The van der Waals surface area contributed by atoms with Crippen LogP contribution >= 0.6 is 0 Å². The monoisotopic (exact) mass is 509 g/mol. The Morgan fingerprint density at radius 1 is 1.03 bits per heavy atom. The van der Waals surface area contributed by atoms with Crippen molar-refractivity contribution in [3.63, 3.8) is 0 Å². The first-order chi connectivity index (χ1) is 17.1. The summed E-state index contributed by atoms with van der Waals surface area (Å²) >= 11 is 0. The highest BCUT2D eigenvalue weighted by atomic mass is 16.2. The quantitative estimate of drug-likeness (QED) is 0.221. The molecule has 0 saturated carbocycles. The van der Waals surface area contributed by atoms with Crippen molar-refractivity contribution in [2.24, 2.45) is 5.92 Å².